The van der Waals surface area contributed by atoms with Gasteiger partial charge in [-0.3, -0.25) is 14.2 Å². The minimum absolute atomic E-state index is 0.214. The van der Waals surface area contributed by atoms with Crippen LogP contribution in [0.1, 0.15) is 68.5 Å². The fraction of sp³-hybridized carbons (Fsp3) is 0.342. The van der Waals surface area contributed by atoms with Crippen LogP contribution in [0.3, 0.4) is 0 Å². The largest absolute Gasteiger partial charge is 0.444 e. The highest BCUT2D eigenvalue weighted by Crippen LogP contribution is 2.18. The Balaban J connectivity index is 1.61. The van der Waals surface area contributed by atoms with Crippen LogP contribution >= 0.6 is 0 Å². The van der Waals surface area contributed by atoms with E-state index >= 15 is 0 Å². The van der Waals surface area contributed by atoms with Crippen LogP contribution in [0.15, 0.2) is 107 Å². The minimum Gasteiger partial charge on any atom is -0.444 e. The average molecular weight is 667 g/mol. The fourth-order valence-corrected chi connectivity index (χ4v) is 5.42. The molecule has 0 saturated heterocycles. The molecule has 4 aromatic rings. The maximum atomic E-state index is 14.1. The van der Waals surface area contributed by atoms with Gasteiger partial charge >= 0.3 is 11.8 Å². The molecule has 11 nitrogen and oxygen atoms in total. The Morgan fingerprint density at radius 3 is 1.96 bits per heavy atom. The van der Waals surface area contributed by atoms with E-state index in [4.69, 9.17) is 9.84 Å². The van der Waals surface area contributed by atoms with Gasteiger partial charge in [0.25, 0.3) is 0 Å². The smallest absolute Gasteiger partial charge is 0.407 e. The van der Waals surface area contributed by atoms with Crippen molar-refractivity contribution < 1.29 is 19.1 Å². The Kier molecular flexibility index (Phi) is 12.7. The number of imidazole rings is 1. The van der Waals surface area contributed by atoms with Gasteiger partial charge in [-0.2, -0.15) is 9.78 Å². The predicted octanol–water partition coefficient (Wildman–Crippen LogP) is 4.97. The van der Waals surface area contributed by atoms with Gasteiger partial charge in [-0.25, -0.2) is 9.59 Å². The third kappa shape index (κ3) is 10.5. The lowest BCUT2D eigenvalue weighted by atomic mass is 10.0. The summed E-state index contributed by atoms with van der Waals surface area (Å²) in [5, 5.41) is 13.0. The number of unbranched alkanes of at least 4 members (excludes halogenated alkanes) is 1. The zero-order chi connectivity index (χ0) is 35.4. The number of hydrogen-bond acceptors (Lipinski definition) is 6. The first-order valence-electron chi connectivity index (χ1n) is 16.5. The molecule has 0 bridgehead atoms. The van der Waals surface area contributed by atoms with Crippen LogP contribution in [0.2, 0.25) is 0 Å². The summed E-state index contributed by atoms with van der Waals surface area (Å²) in [4.78, 5) is 53.1. The molecule has 4 rings (SSSR count). The molecular formula is C38H46N6O5. The van der Waals surface area contributed by atoms with Crippen LogP contribution in [-0.4, -0.2) is 58.1 Å². The monoisotopic (exact) mass is 666 g/mol. The van der Waals surface area contributed by atoms with E-state index in [1.807, 2.05) is 91.0 Å². The topological polar surface area (TPSA) is 136 Å². The summed E-state index contributed by atoms with van der Waals surface area (Å²) in [5.74, 6) is -0.823. The van der Waals surface area contributed by atoms with Gasteiger partial charge in [0.15, 0.2) is 0 Å². The predicted molar refractivity (Wildman–Crippen MR) is 191 cm³/mol. The molecule has 0 fully saturated rings. The number of rotatable bonds is 14. The number of carbonyl (C=O) groups is 3. The van der Waals surface area contributed by atoms with E-state index in [2.05, 4.69) is 16.0 Å². The zero-order valence-corrected chi connectivity index (χ0v) is 28.8. The zero-order valence-electron chi connectivity index (χ0n) is 28.8. The van der Waals surface area contributed by atoms with Crippen molar-refractivity contribution in [2.45, 2.75) is 71.1 Å². The van der Waals surface area contributed by atoms with E-state index in [-0.39, 0.29) is 12.3 Å². The standard InChI is InChI=1S/C38H46N6O5/c1-27-26-43(42-33(29-19-11-7-12-20-29)30-21-13-8-14-22-30)37(48)44(27)32(25-28-17-9-6-10-18-28)35(46)41-31(34(45)39-5)23-15-16-24-40-36(47)49-38(2,3)4/h6-14,17-22,26,31-32H,15-16,23-25H2,1-5H3,(H,39,45)(H,40,47)(H,41,46)/t31-,32?/m0/s1. The first kappa shape index (κ1) is 36.4. The molecule has 3 aromatic carbocycles. The second kappa shape index (κ2) is 17.1. The third-order valence-corrected chi connectivity index (χ3v) is 7.75. The molecule has 0 aliphatic heterocycles. The van der Waals surface area contributed by atoms with Gasteiger partial charge in [-0.05, 0) is 52.5 Å². The summed E-state index contributed by atoms with van der Waals surface area (Å²) in [6.45, 7) is 7.49. The molecule has 2 atom stereocenters. The second-order valence-corrected chi connectivity index (χ2v) is 12.8. The number of benzene rings is 3. The SMILES string of the molecule is CNC(=O)[C@H](CCCCNC(=O)OC(C)(C)C)NC(=O)C(Cc1ccccc1)n1c(C)cn(N=C(c2ccccc2)c2ccccc2)c1=O. The van der Waals surface area contributed by atoms with Crippen LogP contribution < -0.4 is 21.6 Å². The molecule has 1 aromatic heterocycles. The quantitative estimate of drug-likeness (QED) is 0.129. The summed E-state index contributed by atoms with van der Waals surface area (Å²) in [5.41, 5.74) is 2.57. The maximum absolute atomic E-state index is 14.1. The number of aromatic nitrogens is 2. The van der Waals surface area contributed by atoms with Gasteiger partial charge in [0.05, 0.1) is 11.9 Å². The van der Waals surface area contributed by atoms with Crippen molar-refractivity contribution in [2.24, 2.45) is 5.10 Å². The van der Waals surface area contributed by atoms with E-state index in [1.165, 1.54) is 16.3 Å². The lowest BCUT2D eigenvalue weighted by Crippen LogP contribution is -2.49. The first-order valence-corrected chi connectivity index (χ1v) is 16.5. The van der Waals surface area contributed by atoms with Gasteiger partial charge in [0, 0.05) is 36.8 Å². The Hall–Kier alpha value is -5.45. The molecule has 0 radical (unpaired) electrons. The molecular weight excluding hydrogens is 620 g/mol. The van der Waals surface area contributed by atoms with Gasteiger partial charge in [0.1, 0.15) is 17.7 Å². The summed E-state index contributed by atoms with van der Waals surface area (Å²) in [7, 11) is 1.51. The molecule has 0 spiro atoms. The molecule has 3 amide bonds. The van der Waals surface area contributed by atoms with Crippen LogP contribution in [0, 0.1) is 6.92 Å². The maximum Gasteiger partial charge on any atom is 0.407 e. The molecule has 49 heavy (non-hydrogen) atoms. The number of nitrogens with one attached hydrogen (secondary N) is 3. The minimum atomic E-state index is -0.968. The van der Waals surface area contributed by atoms with E-state index in [9.17, 15) is 19.2 Å². The molecule has 11 heteroatoms. The average Bonchev–Trinajstić information content (AvgIpc) is 3.36. The molecule has 1 unspecified atom stereocenters. The van der Waals surface area contributed by atoms with Gasteiger partial charge in [-0.15, -0.1) is 0 Å². The summed E-state index contributed by atoms with van der Waals surface area (Å²) < 4.78 is 7.97. The molecule has 1 heterocycles. The number of ether oxygens (including phenoxy) is 1. The van der Waals surface area contributed by atoms with Crippen molar-refractivity contribution in [1.82, 2.24) is 25.2 Å². The highest BCUT2D eigenvalue weighted by molar-refractivity contribution is 6.12. The highest BCUT2D eigenvalue weighted by Gasteiger charge is 2.29. The van der Waals surface area contributed by atoms with Crippen molar-refractivity contribution >= 4 is 23.6 Å². The molecule has 0 saturated carbocycles. The molecule has 3 N–H and O–H groups in total. The van der Waals surface area contributed by atoms with Crippen molar-refractivity contribution in [2.75, 3.05) is 13.6 Å². The number of likely N-dealkylation sites (N-methyl/N-ethyl adjacent to an activating group) is 1. The summed E-state index contributed by atoms with van der Waals surface area (Å²) in [6, 6.07) is 26.8. The van der Waals surface area contributed by atoms with E-state index < -0.39 is 35.4 Å². The van der Waals surface area contributed by atoms with E-state index in [0.717, 1.165) is 16.7 Å². The number of amides is 3. The van der Waals surface area contributed by atoms with Crippen molar-refractivity contribution in [3.05, 3.63) is 130 Å². The van der Waals surface area contributed by atoms with Crippen LogP contribution in [0.5, 0.6) is 0 Å². The number of alkyl carbamates (subject to hydrolysis) is 1. The van der Waals surface area contributed by atoms with E-state index in [0.29, 0.717) is 37.2 Å². The lowest BCUT2D eigenvalue weighted by molar-refractivity contribution is -0.130. The third-order valence-electron chi connectivity index (χ3n) is 7.75. The molecule has 258 valence electrons. The second-order valence-electron chi connectivity index (χ2n) is 12.8. The Bertz CT molecular complexity index is 1730. The first-order chi connectivity index (χ1) is 23.5. The Morgan fingerprint density at radius 2 is 1.41 bits per heavy atom. The number of carbonyl (C=O) groups excluding carboxylic acids is 3. The van der Waals surface area contributed by atoms with Crippen molar-refractivity contribution in [3.63, 3.8) is 0 Å². The molecule has 0 aliphatic carbocycles. The number of aryl methyl sites for hydroxylation is 1. The van der Waals surface area contributed by atoms with Crippen LogP contribution in [-0.2, 0) is 20.7 Å². The highest BCUT2D eigenvalue weighted by atomic mass is 16.6. The van der Waals surface area contributed by atoms with Gasteiger partial charge < -0.3 is 20.7 Å². The van der Waals surface area contributed by atoms with Crippen molar-refractivity contribution in [1.29, 1.82) is 0 Å². The van der Waals surface area contributed by atoms with E-state index in [1.54, 1.807) is 33.9 Å². The van der Waals surface area contributed by atoms with Crippen LogP contribution in [0.25, 0.3) is 0 Å². The van der Waals surface area contributed by atoms with Gasteiger partial charge in [0.2, 0.25) is 11.8 Å². The Morgan fingerprint density at radius 1 is 0.837 bits per heavy atom. The number of nitrogens with zero attached hydrogens (tertiary/aromatic N) is 3. The van der Waals surface area contributed by atoms with Gasteiger partial charge in [-0.1, -0.05) is 91.0 Å². The molecule has 0 aliphatic rings. The lowest BCUT2D eigenvalue weighted by Gasteiger charge is -2.23. The fourth-order valence-electron chi connectivity index (χ4n) is 5.42. The summed E-state index contributed by atoms with van der Waals surface area (Å²) >= 11 is 0. The number of hydrogen-bond donors (Lipinski definition) is 3. The Labute approximate surface area is 287 Å². The van der Waals surface area contributed by atoms with Crippen LogP contribution in [0.4, 0.5) is 4.79 Å². The normalized spacial score (nSPS) is 12.3. The van der Waals surface area contributed by atoms with Crippen molar-refractivity contribution in [3.8, 4) is 0 Å². The summed E-state index contributed by atoms with van der Waals surface area (Å²) in [6.07, 6.45) is 2.77.